The van der Waals surface area contributed by atoms with E-state index in [2.05, 4.69) is 10.2 Å². The fourth-order valence-electron chi connectivity index (χ4n) is 0.792. The van der Waals surface area contributed by atoms with Crippen LogP contribution in [0.1, 0.15) is 13.8 Å². The Kier molecular flexibility index (Phi) is 2.32. The Labute approximate surface area is 71.5 Å². The lowest BCUT2D eigenvalue weighted by Gasteiger charge is -2.21. The van der Waals surface area contributed by atoms with Gasteiger partial charge in [0.2, 0.25) is 0 Å². The molecule has 1 aromatic heterocycles. The third kappa shape index (κ3) is 2.20. The van der Waals surface area contributed by atoms with Crippen LogP contribution in [0.4, 0.5) is 5.82 Å². The summed E-state index contributed by atoms with van der Waals surface area (Å²) in [5.41, 5.74) is 5.15. The van der Waals surface area contributed by atoms with E-state index >= 15 is 0 Å². The van der Waals surface area contributed by atoms with E-state index in [1.807, 2.05) is 13.8 Å². The van der Waals surface area contributed by atoms with Gasteiger partial charge in [0.05, 0.1) is 18.3 Å². The molecule has 0 aromatic carbocycles. The maximum Gasteiger partial charge on any atom is 0.165 e. The van der Waals surface area contributed by atoms with Gasteiger partial charge in [-0.3, -0.25) is 0 Å². The molecule has 0 radical (unpaired) electrons. The normalized spacial score (nSPS) is 11.9. The van der Waals surface area contributed by atoms with Gasteiger partial charge in [-0.2, -0.15) is 9.90 Å². The van der Waals surface area contributed by atoms with Crippen molar-refractivity contribution in [1.82, 2.24) is 15.0 Å². The Morgan fingerprint density at radius 1 is 1.67 bits per heavy atom. The maximum absolute atomic E-state index is 5.40. The van der Waals surface area contributed by atoms with Gasteiger partial charge in [-0.1, -0.05) is 0 Å². The molecule has 0 aliphatic rings. The molecule has 0 atom stereocenters. The molecular formula is C7H14N4O. The standard InChI is InChI=1S/C7H14N4O/c1-7(2,12-3)5-11-9-4-6(8)10-11/h4H,5H2,1-3H3,(H2,8,10). The molecule has 0 saturated heterocycles. The number of nitrogens with zero attached hydrogens (tertiary/aromatic N) is 3. The number of hydrogen-bond donors (Lipinski definition) is 1. The van der Waals surface area contributed by atoms with Crippen molar-refractivity contribution in [3.63, 3.8) is 0 Å². The molecule has 5 nitrogen and oxygen atoms in total. The van der Waals surface area contributed by atoms with Crippen LogP contribution < -0.4 is 5.73 Å². The molecule has 0 bridgehead atoms. The van der Waals surface area contributed by atoms with E-state index in [-0.39, 0.29) is 5.60 Å². The van der Waals surface area contributed by atoms with E-state index in [0.29, 0.717) is 12.4 Å². The molecule has 0 amide bonds. The minimum absolute atomic E-state index is 0.258. The van der Waals surface area contributed by atoms with Gasteiger partial charge in [0, 0.05) is 7.11 Å². The van der Waals surface area contributed by atoms with Gasteiger partial charge in [-0.05, 0) is 13.8 Å². The van der Waals surface area contributed by atoms with E-state index in [4.69, 9.17) is 10.5 Å². The van der Waals surface area contributed by atoms with Gasteiger partial charge in [0.25, 0.3) is 0 Å². The van der Waals surface area contributed by atoms with Gasteiger partial charge in [0.1, 0.15) is 0 Å². The van der Waals surface area contributed by atoms with Crippen LogP contribution in [0.25, 0.3) is 0 Å². The van der Waals surface area contributed by atoms with Crippen molar-refractivity contribution in [3.05, 3.63) is 6.20 Å². The first-order chi connectivity index (χ1) is 5.53. The Balaban J connectivity index is 2.63. The SMILES string of the molecule is COC(C)(C)Cn1ncc(N)n1. The fraction of sp³-hybridized carbons (Fsp3) is 0.714. The molecule has 0 unspecified atom stereocenters. The lowest BCUT2D eigenvalue weighted by Crippen LogP contribution is -2.30. The Bertz CT molecular complexity index is 256. The second-order valence-electron chi connectivity index (χ2n) is 3.26. The van der Waals surface area contributed by atoms with Crippen LogP contribution in [-0.2, 0) is 11.3 Å². The topological polar surface area (TPSA) is 66.0 Å². The van der Waals surface area contributed by atoms with Crippen molar-refractivity contribution in [2.75, 3.05) is 12.8 Å². The summed E-state index contributed by atoms with van der Waals surface area (Å²) in [6.07, 6.45) is 1.52. The van der Waals surface area contributed by atoms with Crippen molar-refractivity contribution in [1.29, 1.82) is 0 Å². The summed E-state index contributed by atoms with van der Waals surface area (Å²) in [4.78, 5) is 1.53. The molecular weight excluding hydrogens is 156 g/mol. The highest BCUT2D eigenvalue weighted by Crippen LogP contribution is 2.09. The lowest BCUT2D eigenvalue weighted by atomic mass is 10.1. The number of anilines is 1. The van der Waals surface area contributed by atoms with Crippen LogP contribution in [-0.4, -0.2) is 27.7 Å². The summed E-state index contributed by atoms with van der Waals surface area (Å²) in [7, 11) is 1.66. The van der Waals surface area contributed by atoms with Crippen molar-refractivity contribution < 1.29 is 4.74 Å². The molecule has 2 N–H and O–H groups in total. The fourth-order valence-corrected chi connectivity index (χ4v) is 0.792. The summed E-state index contributed by atoms with van der Waals surface area (Å²) in [5, 5.41) is 7.90. The molecule has 1 rings (SSSR count). The summed E-state index contributed by atoms with van der Waals surface area (Å²) in [6, 6.07) is 0. The predicted molar refractivity (Wildman–Crippen MR) is 45.5 cm³/mol. The smallest absolute Gasteiger partial charge is 0.165 e. The van der Waals surface area contributed by atoms with E-state index in [1.54, 1.807) is 7.11 Å². The summed E-state index contributed by atoms with van der Waals surface area (Å²) in [5.74, 6) is 0.432. The largest absolute Gasteiger partial charge is 0.381 e. The van der Waals surface area contributed by atoms with E-state index < -0.39 is 0 Å². The molecule has 1 aromatic rings. The number of hydrogen-bond acceptors (Lipinski definition) is 4. The molecule has 0 aliphatic carbocycles. The first-order valence-corrected chi connectivity index (χ1v) is 3.74. The molecule has 0 saturated carbocycles. The molecule has 0 aliphatic heterocycles. The number of nitrogen functional groups attached to an aromatic ring is 1. The molecule has 68 valence electrons. The van der Waals surface area contributed by atoms with Crippen LogP contribution in [0.2, 0.25) is 0 Å². The minimum Gasteiger partial charge on any atom is -0.381 e. The van der Waals surface area contributed by atoms with Crippen LogP contribution in [0.15, 0.2) is 6.20 Å². The molecule has 1 heterocycles. The van der Waals surface area contributed by atoms with Gasteiger partial charge in [0.15, 0.2) is 5.82 Å². The maximum atomic E-state index is 5.40. The van der Waals surface area contributed by atoms with Crippen molar-refractivity contribution in [2.45, 2.75) is 26.0 Å². The third-order valence-electron chi connectivity index (χ3n) is 1.63. The molecule has 12 heavy (non-hydrogen) atoms. The Morgan fingerprint density at radius 2 is 2.33 bits per heavy atom. The highest BCUT2D eigenvalue weighted by Gasteiger charge is 2.18. The number of rotatable bonds is 3. The van der Waals surface area contributed by atoms with Gasteiger partial charge < -0.3 is 10.5 Å². The number of nitrogens with two attached hydrogens (primary N) is 1. The van der Waals surface area contributed by atoms with Gasteiger partial charge in [-0.15, -0.1) is 5.10 Å². The summed E-state index contributed by atoms with van der Waals surface area (Å²) >= 11 is 0. The first kappa shape index (κ1) is 8.99. The van der Waals surface area contributed by atoms with E-state index in [9.17, 15) is 0 Å². The van der Waals surface area contributed by atoms with Crippen LogP contribution in [0, 0.1) is 0 Å². The van der Waals surface area contributed by atoms with E-state index in [1.165, 1.54) is 11.0 Å². The van der Waals surface area contributed by atoms with Crippen molar-refractivity contribution in [2.24, 2.45) is 0 Å². The zero-order valence-corrected chi connectivity index (χ0v) is 7.61. The van der Waals surface area contributed by atoms with Crippen molar-refractivity contribution >= 4 is 5.82 Å². The average molecular weight is 170 g/mol. The predicted octanol–water partition coefficient (Wildman–Crippen LogP) is 0.285. The average Bonchev–Trinajstić information content (AvgIpc) is 2.35. The number of ether oxygens (including phenoxy) is 1. The lowest BCUT2D eigenvalue weighted by molar-refractivity contribution is 0.00219. The highest BCUT2D eigenvalue weighted by molar-refractivity contribution is 5.19. The minimum atomic E-state index is -0.258. The zero-order chi connectivity index (χ0) is 9.19. The van der Waals surface area contributed by atoms with Crippen LogP contribution in [0.5, 0.6) is 0 Å². The molecule has 5 heteroatoms. The second kappa shape index (κ2) is 3.10. The van der Waals surface area contributed by atoms with Gasteiger partial charge in [-0.25, -0.2) is 0 Å². The highest BCUT2D eigenvalue weighted by atomic mass is 16.5. The Morgan fingerprint density at radius 3 is 2.75 bits per heavy atom. The quantitative estimate of drug-likeness (QED) is 0.707. The first-order valence-electron chi connectivity index (χ1n) is 3.74. The van der Waals surface area contributed by atoms with Crippen molar-refractivity contribution in [3.8, 4) is 0 Å². The number of methoxy groups -OCH3 is 1. The number of aromatic nitrogens is 3. The van der Waals surface area contributed by atoms with E-state index in [0.717, 1.165) is 0 Å². The summed E-state index contributed by atoms with van der Waals surface area (Å²) in [6.45, 7) is 4.53. The molecule has 0 fully saturated rings. The zero-order valence-electron chi connectivity index (χ0n) is 7.61. The third-order valence-corrected chi connectivity index (χ3v) is 1.63. The van der Waals surface area contributed by atoms with Gasteiger partial charge >= 0.3 is 0 Å². The van der Waals surface area contributed by atoms with Crippen LogP contribution >= 0.6 is 0 Å². The molecule has 0 spiro atoms. The second-order valence-corrected chi connectivity index (χ2v) is 3.26. The summed E-state index contributed by atoms with van der Waals surface area (Å²) < 4.78 is 5.21. The monoisotopic (exact) mass is 170 g/mol. The van der Waals surface area contributed by atoms with Crippen LogP contribution in [0.3, 0.4) is 0 Å². The Hall–Kier alpha value is -1.10.